The zero-order valence-electron chi connectivity index (χ0n) is 15.8. The van der Waals surface area contributed by atoms with Crippen LogP contribution in [0.25, 0.3) is 5.69 Å². The molecule has 2 amide bonds. The van der Waals surface area contributed by atoms with E-state index in [0.29, 0.717) is 13.0 Å². The summed E-state index contributed by atoms with van der Waals surface area (Å²) >= 11 is 0. The van der Waals surface area contributed by atoms with Crippen LogP contribution in [-0.4, -0.2) is 28.1 Å². The molecule has 0 saturated heterocycles. The zero-order chi connectivity index (χ0) is 21.6. The van der Waals surface area contributed by atoms with E-state index >= 15 is 0 Å². The highest BCUT2D eigenvalue weighted by Crippen LogP contribution is 2.30. The van der Waals surface area contributed by atoms with Crippen LogP contribution in [0.3, 0.4) is 0 Å². The fourth-order valence-electron chi connectivity index (χ4n) is 2.82. The first-order chi connectivity index (χ1) is 14.3. The van der Waals surface area contributed by atoms with Crippen molar-refractivity contribution in [1.29, 1.82) is 0 Å². The number of hydrogen-bond donors (Lipinski definition) is 2. The van der Waals surface area contributed by atoms with Gasteiger partial charge in [-0.1, -0.05) is 30.3 Å². The molecule has 3 rings (SSSR count). The van der Waals surface area contributed by atoms with Crippen LogP contribution < -0.4 is 10.6 Å². The van der Waals surface area contributed by atoms with Gasteiger partial charge in [-0.25, -0.2) is 4.68 Å². The molecule has 1 heterocycles. The molecule has 0 aliphatic rings. The fraction of sp³-hybridized carbons (Fsp3) is 0.190. The van der Waals surface area contributed by atoms with Crippen LogP contribution in [0.5, 0.6) is 0 Å². The molecule has 0 bridgehead atoms. The minimum Gasteiger partial charge on any atom is -0.348 e. The van der Waals surface area contributed by atoms with Crippen molar-refractivity contribution in [2.24, 2.45) is 0 Å². The van der Waals surface area contributed by atoms with Crippen LogP contribution in [-0.2, 0) is 22.2 Å². The first kappa shape index (κ1) is 21.1. The Morgan fingerprint density at radius 1 is 0.933 bits per heavy atom. The molecule has 0 fully saturated rings. The maximum atomic E-state index is 13.0. The van der Waals surface area contributed by atoms with Crippen molar-refractivity contribution in [3.05, 3.63) is 78.1 Å². The number of carbonyl (C=O) groups excluding carboxylic acids is 2. The Kier molecular flexibility index (Phi) is 6.51. The largest absolute Gasteiger partial charge is 0.433 e. The topological polar surface area (TPSA) is 76.0 Å². The van der Waals surface area contributed by atoms with Crippen LogP contribution in [0.4, 0.5) is 18.9 Å². The molecule has 0 aliphatic heterocycles. The van der Waals surface area contributed by atoms with Gasteiger partial charge in [-0.2, -0.15) is 18.3 Å². The van der Waals surface area contributed by atoms with Gasteiger partial charge in [0, 0.05) is 12.2 Å². The second-order valence-electron chi connectivity index (χ2n) is 6.47. The quantitative estimate of drug-likeness (QED) is 0.476. The number of anilines is 1. The number of nitrogens with one attached hydrogen (secondary N) is 2. The third-order valence-corrected chi connectivity index (χ3v) is 4.28. The second-order valence-corrected chi connectivity index (χ2v) is 6.47. The molecule has 3 aromatic rings. The minimum atomic E-state index is -4.54. The summed E-state index contributed by atoms with van der Waals surface area (Å²) in [6.45, 7) is 0.347. The number of amides is 2. The van der Waals surface area contributed by atoms with Crippen LogP contribution >= 0.6 is 0 Å². The lowest BCUT2D eigenvalue weighted by molar-refractivity contribution is -0.142. The summed E-state index contributed by atoms with van der Waals surface area (Å²) in [5, 5.41) is 8.64. The number of hydrogen-bond acceptors (Lipinski definition) is 3. The van der Waals surface area contributed by atoms with Crippen LogP contribution in [0.15, 0.2) is 66.9 Å². The summed E-state index contributed by atoms with van der Waals surface area (Å²) in [5.41, 5.74) is 0.691. The van der Waals surface area contributed by atoms with Crippen LogP contribution in [0.1, 0.15) is 17.7 Å². The Morgan fingerprint density at radius 2 is 1.63 bits per heavy atom. The molecule has 0 saturated carbocycles. The molecule has 0 unspecified atom stereocenters. The molecular weight excluding hydrogens is 397 g/mol. The number of carbonyl (C=O) groups is 2. The van der Waals surface area contributed by atoms with E-state index in [4.69, 9.17) is 0 Å². The molecule has 1 aromatic heterocycles. The van der Waals surface area contributed by atoms with E-state index in [-0.39, 0.29) is 11.4 Å². The molecule has 156 valence electrons. The number of benzene rings is 2. The molecule has 0 aliphatic carbocycles. The minimum absolute atomic E-state index is 0.177. The molecule has 9 heteroatoms. The molecule has 2 N–H and O–H groups in total. The summed E-state index contributed by atoms with van der Waals surface area (Å²) in [5.74, 6) is -1.63. The van der Waals surface area contributed by atoms with Gasteiger partial charge in [0.25, 0.3) is 0 Å². The third kappa shape index (κ3) is 5.47. The van der Waals surface area contributed by atoms with Crippen molar-refractivity contribution in [2.45, 2.75) is 19.0 Å². The lowest BCUT2D eigenvalue weighted by atomic mass is 10.1. The zero-order valence-corrected chi connectivity index (χ0v) is 15.8. The Hall–Kier alpha value is -3.62. The maximum Gasteiger partial charge on any atom is 0.433 e. The van der Waals surface area contributed by atoms with Gasteiger partial charge >= 0.3 is 18.0 Å². The Morgan fingerprint density at radius 3 is 2.30 bits per heavy atom. The van der Waals surface area contributed by atoms with Gasteiger partial charge in [0.05, 0.1) is 11.9 Å². The van der Waals surface area contributed by atoms with Crippen molar-refractivity contribution in [3.8, 4) is 5.69 Å². The molecule has 0 spiro atoms. The van der Waals surface area contributed by atoms with Crippen molar-refractivity contribution >= 4 is 17.5 Å². The smallest absolute Gasteiger partial charge is 0.348 e. The maximum absolute atomic E-state index is 13.0. The highest BCUT2D eigenvalue weighted by Gasteiger charge is 2.35. The van der Waals surface area contributed by atoms with Crippen molar-refractivity contribution < 1.29 is 22.8 Å². The Balaban J connectivity index is 1.50. The molecule has 6 nitrogen and oxygen atoms in total. The van der Waals surface area contributed by atoms with Crippen LogP contribution in [0.2, 0.25) is 0 Å². The highest BCUT2D eigenvalue weighted by molar-refractivity contribution is 6.39. The van der Waals surface area contributed by atoms with Crippen LogP contribution in [0, 0.1) is 0 Å². The van der Waals surface area contributed by atoms with E-state index in [1.807, 2.05) is 30.3 Å². The van der Waals surface area contributed by atoms with Gasteiger partial charge < -0.3 is 10.6 Å². The van der Waals surface area contributed by atoms with E-state index in [0.717, 1.165) is 28.9 Å². The summed E-state index contributed by atoms with van der Waals surface area (Å²) in [6.07, 6.45) is -2.02. The molecule has 30 heavy (non-hydrogen) atoms. The van der Waals surface area contributed by atoms with E-state index in [2.05, 4.69) is 15.7 Å². The average Bonchev–Trinajstić information content (AvgIpc) is 3.23. The fourth-order valence-corrected chi connectivity index (χ4v) is 2.82. The van der Waals surface area contributed by atoms with Crippen molar-refractivity contribution in [3.63, 3.8) is 0 Å². The van der Waals surface area contributed by atoms with E-state index < -0.39 is 23.7 Å². The summed E-state index contributed by atoms with van der Waals surface area (Å²) < 4.78 is 39.7. The average molecular weight is 416 g/mol. The van der Waals surface area contributed by atoms with Gasteiger partial charge in [-0.05, 0) is 48.7 Å². The van der Waals surface area contributed by atoms with Crippen molar-refractivity contribution in [2.75, 3.05) is 11.9 Å². The monoisotopic (exact) mass is 416 g/mol. The number of halogens is 3. The standard InChI is InChI=1S/C21H19F3N4O2/c22-21(23,24)18-12-14-26-28(18)17-10-8-16(9-11-17)27-20(30)19(29)25-13-4-7-15-5-2-1-3-6-15/h1-3,5-6,8-12,14H,4,7,13H2,(H,25,29)(H,27,30). The molecule has 0 radical (unpaired) electrons. The number of rotatable bonds is 6. The first-order valence-electron chi connectivity index (χ1n) is 9.19. The van der Waals surface area contributed by atoms with Gasteiger partial charge in [0.2, 0.25) is 0 Å². The normalized spacial score (nSPS) is 11.2. The van der Waals surface area contributed by atoms with Gasteiger partial charge in [-0.3, -0.25) is 9.59 Å². The van der Waals surface area contributed by atoms with Gasteiger partial charge in [0.1, 0.15) is 5.69 Å². The number of nitrogens with zero attached hydrogens (tertiary/aromatic N) is 2. The van der Waals surface area contributed by atoms with Gasteiger partial charge in [-0.15, -0.1) is 0 Å². The van der Waals surface area contributed by atoms with Crippen molar-refractivity contribution in [1.82, 2.24) is 15.1 Å². The summed E-state index contributed by atoms with van der Waals surface area (Å²) in [6, 6.07) is 16.2. The van der Waals surface area contributed by atoms with E-state index in [1.54, 1.807) is 0 Å². The Labute approximate surface area is 170 Å². The SMILES string of the molecule is O=C(NCCCc1ccccc1)C(=O)Nc1ccc(-n2nccc2C(F)(F)F)cc1. The highest BCUT2D eigenvalue weighted by atomic mass is 19.4. The van der Waals surface area contributed by atoms with E-state index in [9.17, 15) is 22.8 Å². The molecule has 0 atom stereocenters. The predicted molar refractivity (Wildman–Crippen MR) is 105 cm³/mol. The second kappa shape index (κ2) is 9.25. The molecule has 2 aromatic carbocycles. The summed E-state index contributed by atoms with van der Waals surface area (Å²) in [7, 11) is 0. The van der Waals surface area contributed by atoms with Gasteiger partial charge in [0.15, 0.2) is 0 Å². The predicted octanol–water partition coefficient (Wildman–Crippen LogP) is 3.58. The number of alkyl halides is 3. The first-order valence-corrected chi connectivity index (χ1v) is 9.19. The lowest BCUT2D eigenvalue weighted by Crippen LogP contribution is -2.36. The lowest BCUT2D eigenvalue weighted by Gasteiger charge is -2.11. The number of aromatic nitrogens is 2. The third-order valence-electron chi connectivity index (χ3n) is 4.28. The summed E-state index contributed by atoms with van der Waals surface area (Å²) in [4.78, 5) is 23.9. The van der Waals surface area contributed by atoms with E-state index in [1.165, 1.54) is 24.3 Å². The Bertz CT molecular complexity index is 999. The molecular formula is C21H19F3N4O2. The number of aryl methyl sites for hydroxylation is 1.